The zero-order valence-corrected chi connectivity index (χ0v) is 9.89. The van der Waals surface area contributed by atoms with Gasteiger partial charge in [0.2, 0.25) is 5.91 Å². The van der Waals surface area contributed by atoms with E-state index in [2.05, 4.69) is 5.32 Å². The quantitative estimate of drug-likeness (QED) is 0.741. The van der Waals surface area contributed by atoms with Crippen LogP contribution < -0.4 is 11.1 Å². The number of carbonyl (C=O) groups is 1. The molecule has 0 aromatic heterocycles. The number of carbonyl (C=O) groups excluding carboxylic acids is 1. The van der Waals surface area contributed by atoms with Crippen molar-refractivity contribution in [1.82, 2.24) is 5.32 Å². The standard InChI is InChI=1S/C11H15FN2OS/c1-2-14-10(11(13)15)7-16-9-5-3-8(12)4-6-9/h3-6,10,14H,2,7H2,1H3,(H2,13,15). The van der Waals surface area contributed by atoms with Crippen molar-refractivity contribution in [3.63, 3.8) is 0 Å². The van der Waals surface area contributed by atoms with E-state index in [0.29, 0.717) is 12.3 Å². The fourth-order valence-electron chi connectivity index (χ4n) is 1.20. The third-order valence-corrected chi connectivity index (χ3v) is 3.13. The van der Waals surface area contributed by atoms with Crippen molar-refractivity contribution in [2.24, 2.45) is 5.73 Å². The van der Waals surface area contributed by atoms with Crippen molar-refractivity contribution < 1.29 is 9.18 Å². The van der Waals surface area contributed by atoms with Gasteiger partial charge < -0.3 is 11.1 Å². The number of rotatable bonds is 6. The molecule has 0 bridgehead atoms. The van der Waals surface area contributed by atoms with Gasteiger partial charge in [-0.05, 0) is 30.8 Å². The van der Waals surface area contributed by atoms with Crippen molar-refractivity contribution in [1.29, 1.82) is 0 Å². The Hall–Kier alpha value is -1.07. The predicted molar refractivity (Wildman–Crippen MR) is 63.8 cm³/mol. The van der Waals surface area contributed by atoms with E-state index in [-0.39, 0.29) is 17.8 Å². The summed E-state index contributed by atoms with van der Waals surface area (Å²) in [7, 11) is 0. The Labute approximate surface area is 98.6 Å². The van der Waals surface area contributed by atoms with E-state index in [1.807, 2.05) is 6.92 Å². The van der Waals surface area contributed by atoms with Gasteiger partial charge in [0.25, 0.3) is 0 Å². The molecule has 0 spiro atoms. The van der Waals surface area contributed by atoms with E-state index in [1.54, 1.807) is 12.1 Å². The van der Waals surface area contributed by atoms with Gasteiger partial charge >= 0.3 is 0 Å². The number of thioether (sulfide) groups is 1. The lowest BCUT2D eigenvalue weighted by atomic mass is 10.3. The second-order valence-corrected chi connectivity index (χ2v) is 4.37. The predicted octanol–water partition coefficient (Wildman–Crippen LogP) is 1.38. The van der Waals surface area contributed by atoms with E-state index in [9.17, 15) is 9.18 Å². The van der Waals surface area contributed by atoms with Crippen LogP contribution in [-0.4, -0.2) is 24.2 Å². The van der Waals surface area contributed by atoms with Crippen LogP contribution in [0, 0.1) is 5.82 Å². The van der Waals surface area contributed by atoms with Gasteiger partial charge in [-0.2, -0.15) is 0 Å². The molecule has 3 N–H and O–H groups in total. The Balaban J connectivity index is 2.48. The van der Waals surface area contributed by atoms with Crippen LogP contribution in [0.15, 0.2) is 29.2 Å². The van der Waals surface area contributed by atoms with Gasteiger partial charge in [0, 0.05) is 10.6 Å². The first-order chi connectivity index (χ1) is 7.63. The fourth-order valence-corrected chi connectivity index (χ4v) is 2.17. The smallest absolute Gasteiger partial charge is 0.235 e. The highest BCUT2D eigenvalue weighted by atomic mass is 32.2. The molecule has 1 amide bonds. The number of halogens is 1. The Morgan fingerprint density at radius 1 is 1.50 bits per heavy atom. The van der Waals surface area contributed by atoms with Crippen molar-refractivity contribution in [3.8, 4) is 0 Å². The molecule has 88 valence electrons. The second kappa shape index (κ2) is 6.50. The van der Waals surface area contributed by atoms with Gasteiger partial charge in [0.15, 0.2) is 0 Å². The molecule has 0 saturated carbocycles. The number of amides is 1. The molecule has 0 fully saturated rings. The molecule has 1 rings (SSSR count). The Bertz CT molecular complexity index is 342. The molecule has 1 unspecified atom stereocenters. The molecule has 1 aromatic carbocycles. The van der Waals surface area contributed by atoms with Crippen LogP contribution in [0.1, 0.15) is 6.92 Å². The summed E-state index contributed by atoms with van der Waals surface area (Å²) in [5, 5.41) is 2.99. The normalized spacial score (nSPS) is 12.4. The molecule has 0 saturated heterocycles. The van der Waals surface area contributed by atoms with E-state index < -0.39 is 0 Å². The number of primary amides is 1. The molecular weight excluding hydrogens is 227 g/mol. The van der Waals surface area contributed by atoms with Crippen LogP contribution in [0.4, 0.5) is 4.39 Å². The lowest BCUT2D eigenvalue weighted by Gasteiger charge is -2.13. The summed E-state index contributed by atoms with van der Waals surface area (Å²) < 4.78 is 12.6. The first kappa shape index (κ1) is 13.0. The zero-order chi connectivity index (χ0) is 12.0. The molecular formula is C11H15FN2OS. The van der Waals surface area contributed by atoms with Gasteiger partial charge in [0.05, 0.1) is 6.04 Å². The van der Waals surface area contributed by atoms with Gasteiger partial charge in [0.1, 0.15) is 5.82 Å². The number of nitrogens with two attached hydrogens (primary N) is 1. The summed E-state index contributed by atoms with van der Waals surface area (Å²) in [6, 6.07) is 5.82. The van der Waals surface area contributed by atoms with E-state index in [4.69, 9.17) is 5.73 Å². The van der Waals surface area contributed by atoms with E-state index >= 15 is 0 Å². The lowest BCUT2D eigenvalue weighted by molar-refractivity contribution is -0.119. The Morgan fingerprint density at radius 2 is 2.12 bits per heavy atom. The Kier molecular flexibility index (Phi) is 5.28. The van der Waals surface area contributed by atoms with Crippen LogP contribution in [0.2, 0.25) is 0 Å². The minimum absolute atomic E-state index is 0.262. The maximum atomic E-state index is 12.6. The highest BCUT2D eigenvalue weighted by Gasteiger charge is 2.13. The van der Waals surface area contributed by atoms with Crippen LogP contribution in [-0.2, 0) is 4.79 Å². The number of nitrogens with one attached hydrogen (secondary N) is 1. The molecule has 0 aliphatic rings. The summed E-state index contributed by atoms with van der Waals surface area (Å²) in [6.07, 6.45) is 0. The highest BCUT2D eigenvalue weighted by molar-refractivity contribution is 7.99. The SMILES string of the molecule is CCNC(CSc1ccc(F)cc1)C(N)=O. The first-order valence-electron chi connectivity index (χ1n) is 5.04. The largest absolute Gasteiger partial charge is 0.368 e. The average molecular weight is 242 g/mol. The minimum atomic E-state index is -0.364. The molecule has 0 radical (unpaired) electrons. The van der Waals surface area contributed by atoms with Crippen molar-refractivity contribution in [3.05, 3.63) is 30.1 Å². The van der Waals surface area contributed by atoms with Crippen LogP contribution in [0.3, 0.4) is 0 Å². The number of hydrogen-bond donors (Lipinski definition) is 2. The maximum Gasteiger partial charge on any atom is 0.235 e. The summed E-state index contributed by atoms with van der Waals surface area (Å²) in [5.74, 6) is -0.0756. The topological polar surface area (TPSA) is 55.1 Å². The molecule has 0 aliphatic carbocycles. The van der Waals surface area contributed by atoms with Crippen molar-refractivity contribution >= 4 is 17.7 Å². The van der Waals surface area contributed by atoms with Gasteiger partial charge in [-0.25, -0.2) is 4.39 Å². The minimum Gasteiger partial charge on any atom is -0.368 e. The fraction of sp³-hybridized carbons (Fsp3) is 0.364. The molecule has 0 heterocycles. The summed E-state index contributed by atoms with van der Waals surface area (Å²) in [4.78, 5) is 12.0. The number of hydrogen-bond acceptors (Lipinski definition) is 3. The molecule has 5 heteroatoms. The van der Waals surface area contributed by atoms with Gasteiger partial charge in [-0.3, -0.25) is 4.79 Å². The van der Waals surface area contributed by atoms with Gasteiger partial charge in [-0.15, -0.1) is 11.8 Å². The number of likely N-dealkylation sites (N-methyl/N-ethyl adjacent to an activating group) is 1. The van der Waals surface area contributed by atoms with Crippen molar-refractivity contribution in [2.45, 2.75) is 17.9 Å². The highest BCUT2D eigenvalue weighted by Crippen LogP contribution is 2.18. The molecule has 1 aromatic rings. The molecule has 0 aliphatic heterocycles. The molecule has 16 heavy (non-hydrogen) atoms. The number of benzene rings is 1. The molecule has 1 atom stereocenters. The molecule has 3 nitrogen and oxygen atoms in total. The van der Waals surface area contributed by atoms with Crippen LogP contribution in [0.5, 0.6) is 0 Å². The average Bonchev–Trinajstić information content (AvgIpc) is 2.26. The maximum absolute atomic E-state index is 12.6. The van der Waals surface area contributed by atoms with Crippen LogP contribution >= 0.6 is 11.8 Å². The Morgan fingerprint density at radius 3 is 2.62 bits per heavy atom. The zero-order valence-electron chi connectivity index (χ0n) is 9.07. The third kappa shape index (κ3) is 4.20. The van der Waals surface area contributed by atoms with E-state index in [0.717, 1.165) is 4.90 Å². The second-order valence-electron chi connectivity index (χ2n) is 3.28. The lowest BCUT2D eigenvalue weighted by Crippen LogP contribution is -2.42. The van der Waals surface area contributed by atoms with Gasteiger partial charge in [-0.1, -0.05) is 6.92 Å². The first-order valence-corrected chi connectivity index (χ1v) is 6.03. The summed E-state index contributed by atoms with van der Waals surface area (Å²) in [6.45, 7) is 2.61. The summed E-state index contributed by atoms with van der Waals surface area (Å²) in [5.41, 5.74) is 5.24. The summed E-state index contributed by atoms with van der Waals surface area (Å²) >= 11 is 1.48. The van der Waals surface area contributed by atoms with Crippen LogP contribution in [0.25, 0.3) is 0 Å². The monoisotopic (exact) mass is 242 g/mol. The van der Waals surface area contributed by atoms with Crippen molar-refractivity contribution in [2.75, 3.05) is 12.3 Å². The third-order valence-electron chi connectivity index (χ3n) is 2.02. The van der Waals surface area contributed by atoms with E-state index in [1.165, 1.54) is 23.9 Å².